The molecule has 7 nitrogen and oxygen atoms in total. The first-order valence-electron chi connectivity index (χ1n) is 7.62. The van der Waals surface area contributed by atoms with Gasteiger partial charge in [-0.2, -0.15) is 4.98 Å². The summed E-state index contributed by atoms with van der Waals surface area (Å²) in [4.78, 5) is 7.14. The highest BCUT2D eigenvalue weighted by atomic mass is 35.5. The first-order valence-corrected chi connectivity index (χ1v) is 9.48. The number of nitrogens with one attached hydrogen (secondary N) is 2. The van der Waals surface area contributed by atoms with Crippen LogP contribution in [0, 0.1) is 26.6 Å². The van der Waals surface area contributed by atoms with Gasteiger partial charge in [0.1, 0.15) is 10.7 Å². The van der Waals surface area contributed by atoms with Gasteiger partial charge in [0, 0.05) is 17.9 Å². The summed E-state index contributed by atoms with van der Waals surface area (Å²) >= 11 is 5.73. The van der Waals surface area contributed by atoms with Crippen LogP contribution in [0.15, 0.2) is 27.6 Å². The van der Waals surface area contributed by atoms with Crippen molar-refractivity contribution in [2.75, 3.05) is 0 Å². The molecular weight excluding hydrogens is 383 g/mol. The molecule has 26 heavy (non-hydrogen) atoms. The minimum absolute atomic E-state index is 0.0341. The molecule has 3 rings (SSSR count). The summed E-state index contributed by atoms with van der Waals surface area (Å²) in [5, 5.41) is 3.64. The van der Waals surface area contributed by atoms with E-state index in [0.29, 0.717) is 28.3 Å². The Kier molecular flexibility index (Phi) is 4.87. The fraction of sp³-hybridized carbons (Fsp3) is 0.250. The van der Waals surface area contributed by atoms with E-state index in [9.17, 15) is 12.8 Å². The molecule has 0 aliphatic rings. The van der Waals surface area contributed by atoms with Gasteiger partial charge in [-0.05, 0) is 38.5 Å². The van der Waals surface area contributed by atoms with Crippen LogP contribution in [0.3, 0.4) is 0 Å². The summed E-state index contributed by atoms with van der Waals surface area (Å²) in [6.07, 6.45) is 0. The number of rotatable bonds is 5. The molecule has 0 amide bonds. The molecular formula is C16H16ClFN4O3S. The molecule has 0 radical (unpaired) electrons. The SMILES string of the molecule is Cc1noc(-c2c(C)[nH]c(C)c2S(=O)(=O)NCc2ccc(F)c(Cl)c2)n1. The smallest absolute Gasteiger partial charge is 0.261 e. The Bertz CT molecular complexity index is 1080. The van der Waals surface area contributed by atoms with Crippen LogP contribution in [0.25, 0.3) is 11.5 Å². The van der Waals surface area contributed by atoms with E-state index in [1.165, 1.54) is 18.2 Å². The maximum absolute atomic E-state index is 13.2. The Hall–Kier alpha value is -2.23. The van der Waals surface area contributed by atoms with Crippen molar-refractivity contribution in [1.29, 1.82) is 0 Å². The van der Waals surface area contributed by atoms with Gasteiger partial charge in [0.05, 0.1) is 10.6 Å². The second-order valence-electron chi connectivity index (χ2n) is 5.80. The fourth-order valence-corrected chi connectivity index (χ4v) is 4.32. The first kappa shape index (κ1) is 18.6. The van der Waals surface area contributed by atoms with Crippen LogP contribution in [-0.4, -0.2) is 23.5 Å². The number of hydrogen-bond acceptors (Lipinski definition) is 5. The van der Waals surface area contributed by atoms with Crippen LogP contribution in [0.4, 0.5) is 4.39 Å². The fourth-order valence-electron chi connectivity index (χ4n) is 2.65. The molecule has 2 aromatic heterocycles. The maximum atomic E-state index is 13.2. The Morgan fingerprint density at radius 3 is 2.62 bits per heavy atom. The number of H-pyrrole nitrogens is 1. The zero-order chi connectivity index (χ0) is 19.1. The number of halogens is 2. The van der Waals surface area contributed by atoms with E-state index < -0.39 is 15.8 Å². The maximum Gasteiger partial charge on any atom is 0.261 e. The summed E-state index contributed by atoms with van der Waals surface area (Å²) in [6, 6.07) is 4.02. The highest BCUT2D eigenvalue weighted by molar-refractivity contribution is 7.89. The van der Waals surface area contributed by atoms with Crippen LogP contribution in [0.5, 0.6) is 0 Å². The van der Waals surface area contributed by atoms with Gasteiger partial charge in [-0.3, -0.25) is 0 Å². The summed E-state index contributed by atoms with van der Waals surface area (Å²) in [7, 11) is -3.91. The molecule has 0 bridgehead atoms. The lowest BCUT2D eigenvalue weighted by Crippen LogP contribution is -2.24. The van der Waals surface area contributed by atoms with Crippen molar-refractivity contribution < 1.29 is 17.3 Å². The van der Waals surface area contributed by atoms with Crippen LogP contribution < -0.4 is 4.72 Å². The van der Waals surface area contributed by atoms with Crippen molar-refractivity contribution in [3.63, 3.8) is 0 Å². The summed E-state index contributed by atoms with van der Waals surface area (Å²) in [5.41, 5.74) is 1.89. The number of aryl methyl sites for hydroxylation is 3. The normalized spacial score (nSPS) is 11.9. The third-order valence-corrected chi connectivity index (χ3v) is 5.64. The zero-order valence-electron chi connectivity index (χ0n) is 14.2. The van der Waals surface area contributed by atoms with Crippen LogP contribution >= 0.6 is 11.6 Å². The Labute approximate surface area is 154 Å². The van der Waals surface area contributed by atoms with Crippen molar-refractivity contribution in [3.05, 3.63) is 51.8 Å². The quantitative estimate of drug-likeness (QED) is 0.687. The molecule has 3 aromatic rings. The van der Waals surface area contributed by atoms with E-state index in [1.807, 2.05) is 0 Å². The van der Waals surface area contributed by atoms with Gasteiger partial charge in [0.25, 0.3) is 5.89 Å². The highest BCUT2D eigenvalue weighted by Gasteiger charge is 2.28. The second-order valence-corrected chi connectivity index (χ2v) is 7.91. The van der Waals surface area contributed by atoms with Gasteiger partial charge < -0.3 is 9.51 Å². The number of nitrogens with zero attached hydrogens (tertiary/aromatic N) is 2. The average molecular weight is 399 g/mol. The minimum atomic E-state index is -3.91. The van der Waals surface area contributed by atoms with Gasteiger partial charge >= 0.3 is 0 Å². The topological polar surface area (TPSA) is 101 Å². The highest BCUT2D eigenvalue weighted by Crippen LogP contribution is 2.32. The van der Waals surface area contributed by atoms with Gasteiger partial charge in [0.15, 0.2) is 5.82 Å². The molecule has 2 N–H and O–H groups in total. The van der Waals surface area contributed by atoms with Crippen molar-refractivity contribution >= 4 is 21.6 Å². The van der Waals surface area contributed by atoms with E-state index in [1.54, 1.807) is 20.8 Å². The number of aromatic nitrogens is 3. The Balaban J connectivity index is 1.95. The van der Waals surface area contributed by atoms with Crippen LogP contribution in [-0.2, 0) is 16.6 Å². The predicted octanol–water partition coefficient (Wildman–Crippen LogP) is 3.26. The van der Waals surface area contributed by atoms with E-state index in [0.717, 1.165) is 0 Å². The van der Waals surface area contributed by atoms with Crippen molar-refractivity contribution in [3.8, 4) is 11.5 Å². The molecule has 2 heterocycles. The third-order valence-electron chi connectivity index (χ3n) is 3.78. The van der Waals surface area contributed by atoms with Crippen molar-refractivity contribution in [2.24, 2.45) is 0 Å². The third kappa shape index (κ3) is 3.50. The lowest BCUT2D eigenvalue weighted by Gasteiger charge is -2.09. The van der Waals surface area contributed by atoms with E-state index in [4.69, 9.17) is 16.1 Å². The summed E-state index contributed by atoms with van der Waals surface area (Å²) in [6.45, 7) is 4.96. The lowest BCUT2D eigenvalue weighted by atomic mass is 10.2. The Morgan fingerprint density at radius 1 is 1.27 bits per heavy atom. The number of benzene rings is 1. The number of aromatic amines is 1. The first-order chi connectivity index (χ1) is 12.2. The zero-order valence-corrected chi connectivity index (χ0v) is 15.8. The van der Waals surface area contributed by atoms with E-state index >= 15 is 0 Å². The molecule has 0 atom stereocenters. The molecule has 0 saturated carbocycles. The Morgan fingerprint density at radius 2 is 2.00 bits per heavy atom. The van der Waals surface area contributed by atoms with Crippen molar-refractivity contribution in [2.45, 2.75) is 32.2 Å². The molecule has 0 unspecified atom stereocenters. The molecule has 0 spiro atoms. The largest absolute Gasteiger partial charge is 0.361 e. The van der Waals surface area contributed by atoms with Crippen LogP contribution in [0.2, 0.25) is 5.02 Å². The standard InChI is InChI=1S/C16H16ClFN4O3S/c1-8-14(16-21-10(3)22-25-16)15(9(2)20-8)26(23,24)19-7-11-4-5-13(18)12(17)6-11/h4-6,19-20H,7H2,1-3H3. The van der Waals surface area contributed by atoms with Gasteiger partial charge in [0.2, 0.25) is 10.0 Å². The number of hydrogen-bond donors (Lipinski definition) is 2. The van der Waals surface area contributed by atoms with Crippen LogP contribution in [0.1, 0.15) is 22.8 Å². The lowest BCUT2D eigenvalue weighted by molar-refractivity contribution is 0.424. The monoisotopic (exact) mass is 398 g/mol. The average Bonchev–Trinajstić information content (AvgIpc) is 3.11. The van der Waals surface area contributed by atoms with Gasteiger partial charge in [-0.15, -0.1) is 0 Å². The molecule has 10 heteroatoms. The van der Waals surface area contributed by atoms with E-state index in [2.05, 4.69) is 19.8 Å². The van der Waals surface area contributed by atoms with Gasteiger partial charge in [-0.1, -0.05) is 22.8 Å². The second kappa shape index (κ2) is 6.82. The summed E-state index contributed by atoms with van der Waals surface area (Å²) in [5.74, 6) is -0.0468. The number of sulfonamides is 1. The minimum Gasteiger partial charge on any atom is -0.361 e. The molecule has 0 aliphatic heterocycles. The molecule has 0 saturated heterocycles. The molecule has 0 fully saturated rings. The van der Waals surface area contributed by atoms with Gasteiger partial charge in [-0.25, -0.2) is 17.5 Å². The molecule has 1 aromatic carbocycles. The predicted molar refractivity (Wildman–Crippen MR) is 93.7 cm³/mol. The van der Waals surface area contributed by atoms with Crippen molar-refractivity contribution in [1.82, 2.24) is 19.8 Å². The summed E-state index contributed by atoms with van der Waals surface area (Å²) < 4.78 is 46.6. The molecule has 0 aliphatic carbocycles. The van der Waals surface area contributed by atoms with E-state index in [-0.39, 0.29) is 22.4 Å². The molecule has 138 valence electrons.